The van der Waals surface area contributed by atoms with Gasteiger partial charge in [0.15, 0.2) is 0 Å². The second-order valence-electron chi connectivity index (χ2n) is 7.71. The largest absolute Gasteiger partial charge is 0.494 e. The molecule has 0 aliphatic carbocycles. The van der Waals surface area contributed by atoms with E-state index < -0.39 is 0 Å². The first-order valence-electron chi connectivity index (χ1n) is 10.8. The van der Waals surface area contributed by atoms with E-state index in [0.29, 0.717) is 23.2 Å². The van der Waals surface area contributed by atoms with Gasteiger partial charge in [0, 0.05) is 40.6 Å². The van der Waals surface area contributed by atoms with Crippen LogP contribution in [0.3, 0.4) is 0 Å². The molecule has 1 saturated heterocycles. The highest BCUT2D eigenvalue weighted by atomic mass is 35.5. The van der Waals surface area contributed by atoms with E-state index in [1.165, 1.54) is 5.56 Å². The molecule has 7 heteroatoms. The molecule has 1 amide bonds. The molecule has 0 bridgehead atoms. The van der Waals surface area contributed by atoms with Gasteiger partial charge in [-0.2, -0.15) is 11.8 Å². The summed E-state index contributed by atoms with van der Waals surface area (Å²) in [6, 6.07) is 13.9. The number of rotatable bonds is 10. The first-order chi connectivity index (χ1) is 15.0. The summed E-state index contributed by atoms with van der Waals surface area (Å²) < 4.78 is 5.59. The van der Waals surface area contributed by atoms with E-state index in [4.69, 9.17) is 27.9 Å². The van der Waals surface area contributed by atoms with Gasteiger partial charge in [-0.05, 0) is 68.2 Å². The normalized spacial score (nSPS) is 15.1. The minimum Gasteiger partial charge on any atom is -0.494 e. The molecule has 1 aliphatic heterocycles. The number of thioether (sulfide) groups is 1. The third-order valence-electron chi connectivity index (χ3n) is 5.39. The van der Waals surface area contributed by atoms with Gasteiger partial charge in [0.2, 0.25) is 5.91 Å². The van der Waals surface area contributed by atoms with Crippen LogP contribution < -0.4 is 10.1 Å². The molecule has 1 aliphatic rings. The summed E-state index contributed by atoms with van der Waals surface area (Å²) in [5.74, 6) is 2.89. The molecule has 0 atom stereocenters. The van der Waals surface area contributed by atoms with Gasteiger partial charge in [-0.15, -0.1) is 0 Å². The maximum Gasteiger partial charge on any atom is 0.223 e. The molecule has 0 radical (unpaired) electrons. The number of nitrogens with zero attached hydrogens (tertiary/aromatic N) is 1. The summed E-state index contributed by atoms with van der Waals surface area (Å²) in [5, 5.41) is 4.44. The van der Waals surface area contributed by atoms with Gasteiger partial charge in [0.1, 0.15) is 5.75 Å². The van der Waals surface area contributed by atoms with Gasteiger partial charge in [0.25, 0.3) is 0 Å². The summed E-state index contributed by atoms with van der Waals surface area (Å²) >= 11 is 13.9. The van der Waals surface area contributed by atoms with Gasteiger partial charge in [-0.3, -0.25) is 9.69 Å². The number of likely N-dealkylation sites (tertiary alicyclic amines) is 1. The highest BCUT2D eigenvalue weighted by Crippen LogP contribution is 2.25. The van der Waals surface area contributed by atoms with Crippen molar-refractivity contribution >= 4 is 40.9 Å². The lowest BCUT2D eigenvalue weighted by molar-refractivity contribution is -0.126. The van der Waals surface area contributed by atoms with Crippen LogP contribution in [0, 0.1) is 5.92 Å². The Bertz CT molecular complexity index is 857. The Kier molecular flexibility index (Phi) is 9.85. The Morgan fingerprint density at radius 1 is 1.19 bits per heavy atom. The molecule has 1 fully saturated rings. The standard InChI is InChI=1S/C24H30Cl2N2O2S/c1-2-30-22-5-3-4-18(14-22)16-28-11-8-19(9-12-28)24(29)27-10-13-31-17-20-6-7-21(25)15-23(20)26/h3-7,14-15,19H,2,8-13,16-17H2,1H3,(H,27,29). The van der Waals surface area contributed by atoms with E-state index >= 15 is 0 Å². The van der Waals surface area contributed by atoms with Crippen LogP contribution in [0.15, 0.2) is 42.5 Å². The van der Waals surface area contributed by atoms with Crippen LogP contribution in [0.4, 0.5) is 0 Å². The third-order valence-corrected chi connectivity index (χ3v) is 6.99. The number of piperidine rings is 1. The molecule has 0 saturated carbocycles. The van der Waals surface area contributed by atoms with E-state index in [9.17, 15) is 4.79 Å². The fourth-order valence-electron chi connectivity index (χ4n) is 3.72. The van der Waals surface area contributed by atoms with Crippen molar-refractivity contribution in [3.8, 4) is 5.75 Å². The number of benzene rings is 2. The van der Waals surface area contributed by atoms with Crippen LogP contribution >= 0.6 is 35.0 Å². The van der Waals surface area contributed by atoms with E-state index in [2.05, 4.69) is 22.3 Å². The van der Waals surface area contributed by atoms with Gasteiger partial charge >= 0.3 is 0 Å². The topological polar surface area (TPSA) is 41.6 Å². The summed E-state index contributed by atoms with van der Waals surface area (Å²) in [4.78, 5) is 14.9. The molecule has 3 rings (SSSR count). The van der Waals surface area contributed by atoms with Crippen molar-refractivity contribution in [3.05, 3.63) is 63.6 Å². The lowest BCUT2D eigenvalue weighted by Crippen LogP contribution is -2.40. The average molecular weight is 481 g/mol. The van der Waals surface area contributed by atoms with Crippen LogP contribution in [0.5, 0.6) is 5.75 Å². The van der Waals surface area contributed by atoms with Crippen molar-refractivity contribution in [1.82, 2.24) is 10.2 Å². The Balaban J connectivity index is 1.32. The maximum atomic E-state index is 12.5. The zero-order valence-electron chi connectivity index (χ0n) is 17.9. The number of amides is 1. The highest BCUT2D eigenvalue weighted by molar-refractivity contribution is 7.98. The number of hydrogen-bond acceptors (Lipinski definition) is 4. The fraction of sp³-hybridized carbons (Fsp3) is 0.458. The molecule has 1 heterocycles. The van der Waals surface area contributed by atoms with Crippen LogP contribution in [0.1, 0.15) is 30.9 Å². The lowest BCUT2D eigenvalue weighted by atomic mass is 9.95. The number of carbonyl (C=O) groups excluding carboxylic acids is 1. The van der Waals surface area contributed by atoms with Crippen LogP contribution in [-0.2, 0) is 17.1 Å². The van der Waals surface area contributed by atoms with Crippen molar-refractivity contribution in [3.63, 3.8) is 0 Å². The third kappa shape index (κ3) is 7.90. The van der Waals surface area contributed by atoms with Crippen molar-refractivity contribution in [2.24, 2.45) is 5.92 Å². The van der Waals surface area contributed by atoms with Crippen molar-refractivity contribution in [1.29, 1.82) is 0 Å². The van der Waals surface area contributed by atoms with Crippen molar-refractivity contribution in [2.75, 3.05) is 32.0 Å². The number of ether oxygens (including phenoxy) is 1. The molecular formula is C24H30Cl2N2O2S. The van der Waals surface area contributed by atoms with Crippen LogP contribution in [0.2, 0.25) is 10.0 Å². The van der Waals surface area contributed by atoms with Gasteiger partial charge in [-0.1, -0.05) is 41.4 Å². The number of hydrogen-bond donors (Lipinski definition) is 1. The molecule has 168 valence electrons. The number of carbonyl (C=O) groups is 1. The summed E-state index contributed by atoms with van der Waals surface area (Å²) in [7, 11) is 0. The van der Waals surface area contributed by atoms with E-state index in [1.807, 2.05) is 31.2 Å². The smallest absolute Gasteiger partial charge is 0.223 e. The van der Waals surface area contributed by atoms with Gasteiger partial charge in [0.05, 0.1) is 6.61 Å². The minimum atomic E-state index is 0.113. The number of nitrogens with one attached hydrogen (secondary N) is 1. The molecule has 2 aromatic carbocycles. The highest BCUT2D eigenvalue weighted by Gasteiger charge is 2.24. The molecule has 0 aromatic heterocycles. The zero-order chi connectivity index (χ0) is 22.1. The Labute approximate surface area is 199 Å². The van der Waals surface area contributed by atoms with Gasteiger partial charge < -0.3 is 10.1 Å². The monoisotopic (exact) mass is 480 g/mol. The van der Waals surface area contributed by atoms with E-state index in [1.54, 1.807) is 17.8 Å². The Hall–Kier alpha value is -1.40. The van der Waals surface area contributed by atoms with Crippen LogP contribution in [-0.4, -0.2) is 42.8 Å². The quantitative estimate of drug-likeness (QED) is 0.445. The second-order valence-corrected chi connectivity index (χ2v) is 9.66. The SMILES string of the molecule is CCOc1cccc(CN2CCC(C(=O)NCCSCc3ccc(Cl)cc3Cl)CC2)c1. The second kappa shape index (κ2) is 12.6. The first kappa shape index (κ1) is 24.2. The maximum absolute atomic E-state index is 12.5. The molecule has 2 aromatic rings. The summed E-state index contributed by atoms with van der Waals surface area (Å²) in [5.41, 5.74) is 2.33. The Morgan fingerprint density at radius 2 is 2.00 bits per heavy atom. The molecule has 0 spiro atoms. The lowest BCUT2D eigenvalue weighted by Gasteiger charge is -2.31. The minimum absolute atomic E-state index is 0.113. The summed E-state index contributed by atoms with van der Waals surface area (Å²) in [6.45, 7) is 6.15. The molecule has 1 N–H and O–H groups in total. The first-order valence-corrected chi connectivity index (χ1v) is 12.7. The van der Waals surface area contributed by atoms with Gasteiger partial charge in [-0.25, -0.2) is 0 Å². The summed E-state index contributed by atoms with van der Waals surface area (Å²) in [6.07, 6.45) is 1.81. The van der Waals surface area contributed by atoms with Crippen molar-refractivity contribution < 1.29 is 9.53 Å². The van der Waals surface area contributed by atoms with E-state index in [0.717, 1.165) is 55.3 Å². The average Bonchev–Trinajstić information content (AvgIpc) is 2.76. The van der Waals surface area contributed by atoms with E-state index in [-0.39, 0.29) is 11.8 Å². The molecular weight excluding hydrogens is 451 g/mol. The molecule has 4 nitrogen and oxygen atoms in total. The number of halogens is 2. The zero-order valence-corrected chi connectivity index (χ0v) is 20.2. The molecule has 0 unspecified atom stereocenters. The van der Waals surface area contributed by atoms with Crippen molar-refractivity contribution in [2.45, 2.75) is 32.1 Å². The fourth-order valence-corrected chi connectivity index (χ4v) is 5.14. The predicted molar refractivity (Wildman–Crippen MR) is 131 cm³/mol. The van der Waals surface area contributed by atoms with Crippen LogP contribution in [0.25, 0.3) is 0 Å². The molecule has 31 heavy (non-hydrogen) atoms. The predicted octanol–water partition coefficient (Wildman–Crippen LogP) is 5.65. The Morgan fingerprint density at radius 3 is 2.74 bits per heavy atom.